The van der Waals surface area contributed by atoms with Gasteiger partial charge in [-0.3, -0.25) is 14.2 Å². The maximum atomic E-state index is 13.3. The lowest BCUT2D eigenvalue weighted by Gasteiger charge is -2.40. The second kappa shape index (κ2) is 8.38. The summed E-state index contributed by atoms with van der Waals surface area (Å²) in [5.41, 5.74) is 2.10. The number of thiazole rings is 1. The fourth-order valence-corrected chi connectivity index (χ4v) is 9.94. The summed E-state index contributed by atoms with van der Waals surface area (Å²) in [5, 5.41) is 6.72. The van der Waals surface area contributed by atoms with E-state index in [-0.39, 0.29) is 23.2 Å². The molecule has 35 heavy (non-hydrogen) atoms. The van der Waals surface area contributed by atoms with E-state index in [1.807, 2.05) is 54.2 Å². The zero-order chi connectivity index (χ0) is 23.5. The van der Waals surface area contributed by atoms with Gasteiger partial charge in [0.2, 0.25) is 5.91 Å². The van der Waals surface area contributed by atoms with Gasteiger partial charge in [-0.1, -0.05) is 78.1 Å². The first-order valence-corrected chi connectivity index (χ1v) is 14.1. The van der Waals surface area contributed by atoms with Crippen molar-refractivity contribution in [1.29, 1.82) is 0 Å². The number of hydrogen-bond acceptors (Lipinski definition) is 4. The molecule has 7 rings (SSSR count). The number of aromatic nitrogens is 1. The highest BCUT2D eigenvalue weighted by Crippen LogP contribution is 2.63. The molecule has 2 bridgehead atoms. The Labute approximate surface area is 212 Å². The smallest absolute Gasteiger partial charge is 0.308 e. The van der Waals surface area contributed by atoms with Gasteiger partial charge < -0.3 is 5.32 Å². The quantitative estimate of drug-likeness (QED) is 0.356. The Morgan fingerprint density at radius 3 is 2.60 bits per heavy atom. The summed E-state index contributed by atoms with van der Waals surface area (Å²) in [4.78, 5) is 27.6. The zero-order valence-corrected chi connectivity index (χ0v) is 20.9. The number of fused-ring (bicyclic) bond motifs is 7. The average molecular weight is 499 g/mol. The van der Waals surface area contributed by atoms with E-state index in [2.05, 4.69) is 35.6 Å². The van der Waals surface area contributed by atoms with Gasteiger partial charge in [-0.2, -0.15) is 0 Å². The fraction of sp³-hybridized carbons (Fsp3) is 0.310. The fourth-order valence-electron chi connectivity index (χ4n) is 6.79. The van der Waals surface area contributed by atoms with E-state index >= 15 is 0 Å². The van der Waals surface area contributed by atoms with Crippen molar-refractivity contribution < 1.29 is 4.79 Å². The molecule has 1 N–H and O–H groups in total. The van der Waals surface area contributed by atoms with Crippen LogP contribution in [-0.2, 0) is 11.3 Å². The molecule has 4 nitrogen and oxygen atoms in total. The molecule has 0 spiro atoms. The van der Waals surface area contributed by atoms with Gasteiger partial charge in [0.25, 0.3) is 0 Å². The number of rotatable bonds is 4. The van der Waals surface area contributed by atoms with Crippen LogP contribution in [0.25, 0.3) is 10.8 Å². The summed E-state index contributed by atoms with van der Waals surface area (Å²) in [5.74, 6) is 2.16. The van der Waals surface area contributed by atoms with Gasteiger partial charge in [0.15, 0.2) is 0 Å². The van der Waals surface area contributed by atoms with E-state index in [1.54, 1.807) is 4.57 Å². The van der Waals surface area contributed by atoms with Crippen molar-refractivity contribution in [3.8, 4) is 0 Å². The molecule has 176 valence electrons. The molecule has 0 saturated heterocycles. The van der Waals surface area contributed by atoms with Crippen LogP contribution in [0.15, 0.2) is 82.6 Å². The minimum atomic E-state index is -0.156. The van der Waals surface area contributed by atoms with Gasteiger partial charge in [0.1, 0.15) is 6.54 Å². The predicted octanol–water partition coefficient (Wildman–Crippen LogP) is 6.35. The van der Waals surface area contributed by atoms with Gasteiger partial charge in [-0.05, 0) is 54.0 Å². The Balaban J connectivity index is 1.24. The highest BCUT2D eigenvalue weighted by molar-refractivity contribution is 8.00. The van der Waals surface area contributed by atoms with E-state index in [4.69, 9.17) is 0 Å². The first kappa shape index (κ1) is 21.5. The minimum absolute atomic E-state index is 0.0242. The van der Waals surface area contributed by atoms with E-state index in [1.165, 1.54) is 36.2 Å². The third-order valence-electron chi connectivity index (χ3n) is 8.21. The highest BCUT2D eigenvalue weighted by Gasteiger charge is 2.55. The van der Waals surface area contributed by atoms with E-state index in [9.17, 15) is 9.59 Å². The topological polar surface area (TPSA) is 51.1 Å². The van der Waals surface area contributed by atoms with Gasteiger partial charge >= 0.3 is 4.87 Å². The van der Waals surface area contributed by atoms with Crippen LogP contribution in [0, 0.1) is 17.8 Å². The van der Waals surface area contributed by atoms with E-state index in [0.717, 1.165) is 38.2 Å². The average Bonchev–Trinajstić information content (AvgIpc) is 3.58. The molecule has 3 aromatic carbocycles. The zero-order valence-electron chi connectivity index (χ0n) is 19.2. The summed E-state index contributed by atoms with van der Waals surface area (Å²) in [6.07, 6.45) is 3.92. The normalized spacial score (nSPS) is 26.5. The van der Waals surface area contributed by atoms with E-state index in [0.29, 0.717) is 11.2 Å². The number of hydrogen-bond donors (Lipinski definition) is 1. The Hall–Kier alpha value is -2.83. The number of amides is 1. The van der Waals surface area contributed by atoms with Crippen molar-refractivity contribution in [1.82, 2.24) is 4.57 Å². The summed E-state index contributed by atoms with van der Waals surface area (Å²) in [6, 6.07) is 24.6. The van der Waals surface area contributed by atoms with Gasteiger partial charge in [0, 0.05) is 27.1 Å². The second-order valence-electron chi connectivity index (χ2n) is 10.1. The number of nitrogens with one attached hydrogen (secondary N) is 1. The molecule has 2 fully saturated rings. The lowest BCUT2D eigenvalue weighted by molar-refractivity contribution is -0.116. The Morgan fingerprint density at radius 2 is 1.71 bits per heavy atom. The lowest BCUT2D eigenvalue weighted by Crippen LogP contribution is -2.34. The molecular formula is C29H26N2O2S2. The lowest BCUT2D eigenvalue weighted by atomic mass is 9.75. The van der Waals surface area contributed by atoms with Crippen LogP contribution in [0.2, 0.25) is 0 Å². The van der Waals surface area contributed by atoms with Crippen LogP contribution >= 0.6 is 23.1 Å². The number of benzene rings is 3. The molecule has 4 aromatic rings. The van der Waals surface area contributed by atoms with E-state index < -0.39 is 0 Å². The maximum Gasteiger partial charge on any atom is 0.308 e. The molecule has 2 aliphatic carbocycles. The first-order valence-electron chi connectivity index (χ1n) is 12.4. The van der Waals surface area contributed by atoms with Gasteiger partial charge in [-0.15, -0.1) is 11.8 Å². The van der Waals surface area contributed by atoms with Gasteiger partial charge in [-0.25, -0.2) is 0 Å². The molecule has 1 aliphatic heterocycles. The van der Waals surface area contributed by atoms with Crippen molar-refractivity contribution in [2.45, 2.75) is 42.0 Å². The minimum Gasteiger partial charge on any atom is -0.324 e. The molecule has 3 aliphatic rings. The second-order valence-corrected chi connectivity index (χ2v) is 12.2. The SMILES string of the molecule is O=C(Cn1c2c(sc1=O)[C@@H](c1ccccc1)C1C3CCC(C3)C1S2)Nc1cccc2ccccc12. The Kier molecular flexibility index (Phi) is 5.14. The number of carbonyl (C=O) groups is 1. The summed E-state index contributed by atoms with van der Waals surface area (Å²) in [7, 11) is 0. The van der Waals surface area contributed by atoms with Crippen LogP contribution in [0.1, 0.15) is 35.6 Å². The molecular weight excluding hydrogens is 472 g/mol. The van der Waals surface area contributed by atoms with Crippen molar-refractivity contribution in [2.24, 2.45) is 17.8 Å². The Bertz CT molecular complexity index is 1490. The highest BCUT2D eigenvalue weighted by atomic mass is 32.2. The number of nitrogens with zero attached hydrogens (tertiary/aromatic N) is 1. The molecule has 5 atom stereocenters. The van der Waals surface area contributed by atoms with Crippen molar-refractivity contribution in [3.63, 3.8) is 0 Å². The van der Waals surface area contributed by atoms with Gasteiger partial charge in [0.05, 0.1) is 5.03 Å². The third-order valence-corrected chi connectivity index (χ3v) is 11.0. The van der Waals surface area contributed by atoms with Crippen LogP contribution < -0.4 is 10.2 Å². The number of anilines is 1. The molecule has 6 heteroatoms. The third kappa shape index (κ3) is 3.49. The van der Waals surface area contributed by atoms with Crippen LogP contribution in [0.5, 0.6) is 0 Å². The largest absolute Gasteiger partial charge is 0.324 e. The predicted molar refractivity (Wildman–Crippen MR) is 143 cm³/mol. The summed E-state index contributed by atoms with van der Waals surface area (Å²) in [6.45, 7) is 0.0495. The summed E-state index contributed by atoms with van der Waals surface area (Å²) >= 11 is 3.23. The van der Waals surface area contributed by atoms with Crippen molar-refractivity contribution in [2.75, 3.05) is 5.32 Å². The molecule has 4 unspecified atom stereocenters. The van der Waals surface area contributed by atoms with Crippen LogP contribution in [0.3, 0.4) is 0 Å². The summed E-state index contributed by atoms with van der Waals surface area (Å²) < 4.78 is 1.74. The first-order chi connectivity index (χ1) is 17.2. The molecule has 1 aromatic heterocycles. The molecule has 2 saturated carbocycles. The van der Waals surface area contributed by atoms with Crippen molar-refractivity contribution in [3.05, 3.63) is 92.9 Å². The molecule has 0 radical (unpaired) electrons. The maximum absolute atomic E-state index is 13.3. The van der Waals surface area contributed by atoms with Crippen LogP contribution in [0.4, 0.5) is 5.69 Å². The monoisotopic (exact) mass is 498 g/mol. The number of carbonyl (C=O) groups excluding carboxylic acids is 1. The van der Waals surface area contributed by atoms with Crippen LogP contribution in [-0.4, -0.2) is 15.7 Å². The number of thioether (sulfide) groups is 1. The molecule has 2 heterocycles. The van der Waals surface area contributed by atoms with Crippen molar-refractivity contribution >= 4 is 45.5 Å². The Morgan fingerprint density at radius 1 is 0.943 bits per heavy atom. The standard InChI is InChI=1S/C29H26N2O2S2/c32-23(30-22-12-6-10-17-7-4-5-11-21(17)22)16-31-28-27(35-29(31)33)24(18-8-2-1-3-9-18)25-19-13-14-20(15-19)26(25)34-28/h1-12,19-20,24-26H,13-16H2,(H,30,32)/t19?,20?,24-,25?,26?/m0/s1. The molecule has 1 amide bonds.